The number of aliphatic hydroxyl groups is 1. The van der Waals surface area contributed by atoms with Crippen LogP contribution in [0.25, 0.3) is 0 Å². The largest absolute Gasteiger partial charge is 0.384 e. The molecule has 0 unspecified atom stereocenters. The van der Waals surface area contributed by atoms with E-state index in [0.29, 0.717) is 5.02 Å². The summed E-state index contributed by atoms with van der Waals surface area (Å²) in [4.78, 5) is 0. The molecule has 0 aliphatic rings. The molecule has 0 aliphatic heterocycles. The topological polar surface area (TPSA) is 20.2 Å². The molecule has 0 saturated heterocycles. The van der Waals surface area contributed by atoms with Gasteiger partial charge in [0.15, 0.2) is 0 Å². The van der Waals surface area contributed by atoms with Gasteiger partial charge in [-0.2, -0.15) is 0 Å². The van der Waals surface area contributed by atoms with Gasteiger partial charge in [-0.15, -0.1) is 6.58 Å². The molecule has 3 heteroatoms. The lowest BCUT2D eigenvalue weighted by atomic mass is 10.1. The predicted octanol–water partition coefficient (Wildman–Crippen LogP) is 2.70. The first-order valence-electron chi connectivity index (χ1n) is 3.40. The molecule has 1 rings (SSSR count). The smallest absolute Gasteiger partial charge is 0.130 e. The van der Waals surface area contributed by atoms with Crippen LogP contribution in [-0.4, -0.2) is 5.11 Å². The molecule has 1 atom stereocenters. The summed E-state index contributed by atoms with van der Waals surface area (Å²) in [5, 5.41) is 9.51. The standard InChI is InChI=1S/C9H8ClFO/c1-2-9(12)7-4-3-6(10)5-8(7)11/h2-5,9,12H,1H2/t9-/m0/s1. The van der Waals surface area contributed by atoms with E-state index in [1.54, 1.807) is 0 Å². The van der Waals surface area contributed by atoms with E-state index in [0.717, 1.165) is 6.07 Å². The third-order valence-corrected chi connectivity index (χ3v) is 1.74. The molecule has 0 aromatic heterocycles. The molecule has 0 aliphatic carbocycles. The third kappa shape index (κ3) is 1.84. The summed E-state index contributed by atoms with van der Waals surface area (Å²) in [5.41, 5.74) is 0.189. The van der Waals surface area contributed by atoms with Gasteiger partial charge >= 0.3 is 0 Å². The molecule has 0 spiro atoms. The summed E-state index contributed by atoms with van der Waals surface area (Å²) < 4.78 is 13.0. The Morgan fingerprint density at radius 2 is 2.25 bits per heavy atom. The van der Waals surface area contributed by atoms with E-state index in [1.165, 1.54) is 18.2 Å². The molecule has 0 amide bonds. The van der Waals surface area contributed by atoms with Crippen molar-refractivity contribution in [2.24, 2.45) is 0 Å². The van der Waals surface area contributed by atoms with Crippen molar-refractivity contribution in [2.45, 2.75) is 6.10 Å². The maximum atomic E-state index is 13.0. The summed E-state index contributed by atoms with van der Waals surface area (Å²) in [6.07, 6.45) is 0.286. The number of hydrogen-bond donors (Lipinski definition) is 1. The first kappa shape index (κ1) is 9.23. The summed E-state index contributed by atoms with van der Waals surface area (Å²) in [6, 6.07) is 4.11. The van der Waals surface area contributed by atoms with E-state index < -0.39 is 11.9 Å². The number of aliphatic hydroxyl groups excluding tert-OH is 1. The Labute approximate surface area is 75.1 Å². The molecule has 1 aromatic rings. The Morgan fingerprint density at radius 3 is 2.75 bits per heavy atom. The van der Waals surface area contributed by atoms with Crippen molar-refractivity contribution in [3.05, 3.63) is 47.3 Å². The Hall–Kier alpha value is -0.860. The highest BCUT2D eigenvalue weighted by atomic mass is 35.5. The van der Waals surface area contributed by atoms with Crippen LogP contribution in [0.4, 0.5) is 4.39 Å². The number of benzene rings is 1. The van der Waals surface area contributed by atoms with Crippen molar-refractivity contribution < 1.29 is 9.50 Å². The van der Waals surface area contributed by atoms with Gasteiger partial charge < -0.3 is 5.11 Å². The van der Waals surface area contributed by atoms with Gasteiger partial charge in [0.2, 0.25) is 0 Å². The lowest BCUT2D eigenvalue weighted by molar-refractivity contribution is 0.223. The maximum absolute atomic E-state index is 13.0. The monoisotopic (exact) mass is 186 g/mol. The molecular weight excluding hydrogens is 179 g/mol. The summed E-state index contributed by atoms with van der Waals surface area (Å²) in [6.45, 7) is 3.35. The molecule has 0 bridgehead atoms. The van der Waals surface area contributed by atoms with Crippen LogP contribution in [0.3, 0.4) is 0 Å². The molecular formula is C9H8ClFO. The van der Waals surface area contributed by atoms with Crippen LogP contribution in [-0.2, 0) is 0 Å². The fourth-order valence-electron chi connectivity index (χ4n) is 0.868. The number of hydrogen-bond acceptors (Lipinski definition) is 1. The van der Waals surface area contributed by atoms with Gasteiger partial charge in [-0.1, -0.05) is 23.7 Å². The zero-order valence-electron chi connectivity index (χ0n) is 6.30. The van der Waals surface area contributed by atoms with E-state index in [1.807, 2.05) is 0 Å². The van der Waals surface area contributed by atoms with Gasteiger partial charge in [0.25, 0.3) is 0 Å². The molecule has 0 saturated carbocycles. The average molecular weight is 187 g/mol. The SMILES string of the molecule is C=C[C@H](O)c1ccc(Cl)cc1F. The van der Waals surface area contributed by atoms with E-state index in [4.69, 9.17) is 11.6 Å². The Morgan fingerprint density at radius 1 is 1.58 bits per heavy atom. The lowest BCUT2D eigenvalue weighted by Crippen LogP contribution is -1.96. The number of halogens is 2. The molecule has 0 fully saturated rings. The second kappa shape index (κ2) is 3.70. The predicted molar refractivity (Wildman–Crippen MR) is 46.6 cm³/mol. The van der Waals surface area contributed by atoms with Crippen molar-refractivity contribution in [3.8, 4) is 0 Å². The van der Waals surface area contributed by atoms with Crippen LogP contribution < -0.4 is 0 Å². The lowest BCUT2D eigenvalue weighted by Gasteiger charge is -2.06. The average Bonchev–Trinajstić information content (AvgIpc) is 2.03. The molecule has 12 heavy (non-hydrogen) atoms. The highest BCUT2D eigenvalue weighted by Gasteiger charge is 2.08. The minimum atomic E-state index is -0.970. The van der Waals surface area contributed by atoms with Gasteiger partial charge in [-0.25, -0.2) is 4.39 Å². The Bertz CT molecular complexity index is 299. The molecule has 1 N–H and O–H groups in total. The zero-order chi connectivity index (χ0) is 9.14. The first-order chi connectivity index (χ1) is 5.65. The van der Waals surface area contributed by atoms with Gasteiger partial charge in [0, 0.05) is 10.6 Å². The highest BCUT2D eigenvalue weighted by molar-refractivity contribution is 6.30. The van der Waals surface area contributed by atoms with Gasteiger partial charge in [-0.3, -0.25) is 0 Å². The minimum absolute atomic E-state index is 0.189. The van der Waals surface area contributed by atoms with Crippen molar-refractivity contribution in [3.63, 3.8) is 0 Å². The Kier molecular flexibility index (Phi) is 2.84. The minimum Gasteiger partial charge on any atom is -0.384 e. The van der Waals surface area contributed by atoms with Crippen LogP contribution in [0.2, 0.25) is 5.02 Å². The van der Waals surface area contributed by atoms with E-state index >= 15 is 0 Å². The van der Waals surface area contributed by atoms with Crippen LogP contribution in [0.15, 0.2) is 30.9 Å². The molecule has 0 heterocycles. The molecule has 1 aromatic carbocycles. The molecule has 0 radical (unpaired) electrons. The van der Waals surface area contributed by atoms with E-state index in [2.05, 4.69) is 6.58 Å². The van der Waals surface area contributed by atoms with Crippen LogP contribution >= 0.6 is 11.6 Å². The fraction of sp³-hybridized carbons (Fsp3) is 0.111. The maximum Gasteiger partial charge on any atom is 0.130 e. The third-order valence-electron chi connectivity index (χ3n) is 1.50. The van der Waals surface area contributed by atoms with E-state index in [9.17, 15) is 9.50 Å². The second-order valence-corrected chi connectivity index (χ2v) is 2.78. The number of rotatable bonds is 2. The van der Waals surface area contributed by atoms with Gasteiger partial charge in [-0.05, 0) is 12.1 Å². The Balaban J connectivity index is 3.09. The summed E-state index contributed by atoms with van der Waals surface area (Å²) in [5.74, 6) is -0.519. The van der Waals surface area contributed by atoms with Crippen molar-refractivity contribution in [1.29, 1.82) is 0 Å². The summed E-state index contributed by atoms with van der Waals surface area (Å²) in [7, 11) is 0. The van der Waals surface area contributed by atoms with Gasteiger partial charge in [0.1, 0.15) is 5.82 Å². The molecule has 1 nitrogen and oxygen atoms in total. The van der Waals surface area contributed by atoms with Crippen LogP contribution in [0.5, 0.6) is 0 Å². The van der Waals surface area contributed by atoms with Crippen LogP contribution in [0, 0.1) is 5.82 Å². The second-order valence-electron chi connectivity index (χ2n) is 2.35. The van der Waals surface area contributed by atoms with Crippen molar-refractivity contribution >= 4 is 11.6 Å². The van der Waals surface area contributed by atoms with E-state index in [-0.39, 0.29) is 5.56 Å². The molecule has 64 valence electrons. The highest BCUT2D eigenvalue weighted by Crippen LogP contribution is 2.20. The summed E-state index contributed by atoms with van der Waals surface area (Å²) >= 11 is 5.52. The van der Waals surface area contributed by atoms with Crippen molar-refractivity contribution in [2.75, 3.05) is 0 Å². The fourth-order valence-corrected chi connectivity index (χ4v) is 1.03. The first-order valence-corrected chi connectivity index (χ1v) is 3.78. The zero-order valence-corrected chi connectivity index (χ0v) is 7.05. The quantitative estimate of drug-likeness (QED) is 0.705. The van der Waals surface area contributed by atoms with Crippen molar-refractivity contribution in [1.82, 2.24) is 0 Å². The van der Waals surface area contributed by atoms with Crippen LogP contribution in [0.1, 0.15) is 11.7 Å². The van der Waals surface area contributed by atoms with Gasteiger partial charge in [0.05, 0.1) is 6.10 Å². The normalized spacial score (nSPS) is 12.6.